The summed E-state index contributed by atoms with van der Waals surface area (Å²) in [5.74, 6) is -0.260. The number of hydrogen-bond acceptors (Lipinski definition) is 5. The van der Waals surface area contributed by atoms with Gasteiger partial charge in [-0.2, -0.15) is 0 Å². The summed E-state index contributed by atoms with van der Waals surface area (Å²) in [5.41, 5.74) is 0. The number of esters is 1. The monoisotopic (exact) mass is 203 g/mol. The molecule has 0 bridgehead atoms. The standard InChI is InChI=1S/C9H17NO4/c1-2-12-5-6-14-9(11)8-7-13-4-3-10-8/h8,10H,2-7H2,1H3. The molecule has 5 heteroatoms. The smallest absolute Gasteiger partial charge is 0.325 e. The molecule has 1 aliphatic heterocycles. The maximum absolute atomic E-state index is 11.3. The Balaban J connectivity index is 2.07. The lowest BCUT2D eigenvalue weighted by Gasteiger charge is -2.21. The lowest BCUT2D eigenvalue weighted by molar-refractivity contribution is -0.150. The van der Waals surface area contributed by atoms with Crippen LogP contribution in [0.2, 0.25) is 0 Å². The largest absolute Gasteiger partial charge is 0.462 e. The van der Waals surface area contributed by atoms with E-state index in [0.717, 1.165) is 0 Å². The predicted octanol–water partition coefficient (Wildman–Crippen LogP) is -0.445. The van der Waals surface area contributed by atoms with Crippen LogP contribution in [0.15, 0.2) is 0 Å². The summed E-state index contributed by atoms with van der Waals surface area (Å²) >= 11 is 0. The minimum absolute atomic E-state index is 0.260. The highest BCUT2D eigenvalue weighted by molar-refractivity contribution is 5.76. The molecule has 14 heavy (non-hydrogen) atoms. The summed E-state index contributed by atoms with van der Waals surface area (Å²) in [5, 5.41) is 3.02. The molecule has 1 unspecified atom stereocenters. The van der Waals surface area contributed by atoms with Crippen LogP contribution in [-0.4, -0.2) is 51.6 Å². The van der Waals surface area contributed by atoms with Crippen molar-refractivity contribution < 1.29 is 19.0 Å². The number of carbonyl (C=O) groups is 1. The van der Waals surface area contributed by atoms with Crippen LogP contribution in [0.25, 0.3) is 0 Å². The summed E-state index contributed by atoms with van der Waals surface area (Å²) in [6.45, 7) is 5.06. The van der Waals surface area contributed by atoms with E-state index >= 15 is 0 Å². The molecular formula is C9H17NO4. The molecule has 82 valence electrons. The minimum atomic E-state index is -0.314. The van der Waals surface area contributed by atoms with Gasteiger partial charge in [-0.15, -0.1) is 0 Å². The summed E-state index contributed by atoms with van der Waals surface area (Å²) < 4.78 is 15.2. The lowest BCUT2D eigenvalue weighted by atomic mass is 10.3. The third kappa shape index (κ3) is 4.04. The van der Waals surface area contributed by atoms with Crippen LogP contribution < -0.4 is 5.32 Å². The summed E-state index contributed by atoms with van der Waals surface area (Å²) in [6, 6.07) is -0.314. The van der Waals surface area contributed by atoms with Gasteiger partial charge in [-0.1, -0.05) is 0 Å². The highest BCUT2D eigenvalue weighted by Crippen LogP contribution is 1.95. The quantitative estimate of drug-likeness (QED) is 0.484. The lowest BCUT2D eigenvalue weighted by Crippen LogP contribution is -2.47. The number of nitrogens with one attached hydrogen (secondary N) is 1. The second-order valence-corrected chi connectivity index (χ2v) is 2.95. The van der Waals surface area contributed by atoms with E-state index in [1.165, 1.54) is 0 Å². The molecule has 0 aliphatic carbocycles. The Morgan fingerprint density at radius 1 is 1.57 bits per heavy atom. The van der Waals surface area contributed by atoms with Crippen LogP contribution in [0, 0.1) is 0 Å². The molecule has 1 aliphatic rings. The van der Waals surface area contributed by atoms with Crippen molar-refractivity contribution in [1.29, 1.82) is 0 Å². The van der Waals surface area contributed by atoms with Crippen molar-refractivity contribution in [3.05, 3.63) is 0 Å². The van der Waals surface area contributed by atoms with E-state index in [2.05, 4.69) is 5.32 Å². The third-order valence-corrected chi connectivity index (χ3v) is 1.88. The molecule has 0 radical (unpaired) electrons. The molecular weight excluding hydrogens is 186 g/mol. The van der Waals surface area contributed by atoms with Gasteiger partial charge in [0, 0.05) is 13.2 Å². The summed E-state index contributed by atoms with van der Waals surface area (Å²) in [7, 11) is 0. The summed E-state index contributed by atoms with van der Waals surface area (Å²) in [4.78, 5) is 11.3. The number of ether oxygens (including phenoxy) is 3. The second kappa shape index (κ2) is 6.75. The molecule has 0 spiro atoms. The van der Waals surface area contributed by atoms with Crippen LogP contribution >= 0.6 is 0 Å². The Morgan fingerprint density at radius 3 is 3.07 bits per heavy atom. The van der Waals surface area contributed by atoms with Crippen molar-refractivity contribution in [3.63, 3.8) is 0 Å². The van der Waals surface area contributed by atoms with Crippen molar-refractivity contribution in [3.8, 4) is 0 Å². The van der Waals surface area contributed by atoms with E-state index in [9.17, 15) is 4.79 Å². The fourth-order valence-electron chi connectivity index (χ4n) is 1.16. The Labute approximate surface area is 83.7 Å². The third-order valence-electron chi connectivity index (χ3n) is 1.88. The minimum Gasteiger partial charge on any atom is -0.462 e. The maximum atomic E-state index is 11.3. The predicted molar refractivity (Wildman–Crippen MR) is 50.1 cm³/mol. The van der Waals surface area contributed by atoms with Gasteiger partial charge in [0.2, 0.25) is 0 Å². The van der Waals surface area contributed by atoms with Gasteiger partial charge >= 0.3 is 5.97 Å². The number of rotatable bonds is 5. The first-order chi connectivity index (χ1) is 6.84. The first-order valence-electron chi connectivity index (χ1n) is 4.90. The SMILES string of the molecule is CCOCCOC(=O)C1COCCN1. The Bertz CT molecular complexity index is 168. The number of morpholine rings is 1. The normalized spacial score (nSPS) is 21.9. The van der Waals surface area contributed by atoms with Crippen molar-refractivity contribution in [1.82, 2.24) is 5.32 Å². The Morgan fingerprint density at radius 2 is 2.43 bits per heavy atom. The highest BCUT2D eigenvalue weighted by Gasteiger charge is 2.22. The molecule has 1 heterocycles. The van der Waals surface area contributed by atoms with Gasteiger partial charge in [-0.3, -0.25) is 4.79 Å². The molecule has 1 N–H and O–H groups in total. The average Bonchev–Trinajstić information content (AvgIpc) is 2.25. The Kier molecular flexibility index (Phi) is 5.51. The Hall–Kier alpha value is -0.650. The van der Waals surface area contributed by atoms with Crippen LogP contribution in [0.1, 0.15) is 6.92 Å². The molecule has 0 amide bonds. The summed E-state index contributed by atoms with van der Waals surface area (Å²) in [6.07, 6.45) is 0. The van der Waals surface area contributed by atoms with E-state index in [0.29, 0.717) is 39.6 Å². The second-order valence-electron chi connectivity index (χ2n) is 2.95. The molecule has 0 aromatic carbocycles. The zero-order valence-electron chi connectivity index (χ0n) is 8.45. The van der Waals surface area contributed by atoms with Crippen LogP contribution in [-0.2, 0) is 19.0 Å². The number of hydrogen-bond donors (Lipinski definition) is 1. The maximum Gasteiger partial charge on any atom is 0.325 e. The molecule has 1 rings (SSSR count). The van der Waals surface area contributed by atoms with Crippen LogP contribution in [0.4, 0.5) is 0 Å². The molecule has 1 saturated heterocycles. The molecule has 0 aromatic heterocycles. The van der Waals surface area contributed by atoms with Gasteiger partial charge < -0.3 is 19.5 Å². The average molecular weight is 203 g/mol. The van der Waals surface area contributed by atoms with Crippen molar-refractivity contribution >= 4 is 5.97 Å². The topological polar surface area (TPSA) is 56.8 Å². The van der Waals surface area contributed by atoms with Crippen molar-refractivity contribution in [2.75, 3.05) is 39.6 Å². The first-order valence-corrected chi connectivity index (χ1v) is 4.90. The molecule has 5 nitrogen and oxygen atoms in total. The van der Waals surface area contributed by atoms with Gasteiger partial charge in [-0.05, 0) is 6.92 Å². The van der Waals surface area contributed by atoms with E-state index < -0.39 is 0 Å². The zero-order valence-corrected chi connectivity index (χ0v) is 8.45. The number of carbonyl (C=O) groups excluding carboxylic acids is 1. The van der Waals surface area contributed by atoms with E-state index in [1.54, 1.807) is 0 Å². The first kappa shape index (κ1) is 11.4. The fourth-order valence-corrected chi connectivity index (χ4v) is 1.16. The van der Waals surface area contributed by atoms with Crippen LogP contribution in [0.5, 0.6) is 0 Å². The van der Waals surface area contributed by atoms with Gasteiger partial charge in [0.15, 0.2) is 0 Å². The molecule has 1 fully saturated rings. The fraction of sp³-hybridized carbons (Fsp3) is 0.889. The highest BCUT2D eigenvalue weighted by atomic mass is 16.6. The van der Waals surface area contributed by atoms with Crippen molar-refractivity contribution in [2.24, 2.45) is 0 Å². The van der Waals surface area contributed by atoms with Gasteiger partial charge in [-0.25, -0.2) is 0 Å². The van der Waals surface area contributed by atoms with E-state index in [-0.39, 0.29) is 12.0 Å². The van der Waals surface area contributed by atoms with Gasteiger partial charge in [0.1, 0.15) is 12.6 Å². The van der Waals surface area contributed by atoms with Crippen LogP contribution in [0.3, 0.4) is 0 Å². The van der Waals surface area contributed by atoms with Gasteiger partial charge in [0.05, 0.1) is 19.8 Å². The molecule has 0 aromatic rings. The zero-order chi connectivity index (χ0) is 10.2. The van der Waals surface area contributed by atoms with Gasteiger partial charge in [0.25, 0.3) is 0 Å². The van der Waals surface area contributed by atoms with E-state index in [4.69, 9.17) is 14.2 Å². The molecule has 1 atom stereocenters. The van der Waals surface area contributed by atoms with E-state index in [1.807, 2.05) is 6.92 Å². The van der Waals surface area contributed by atoms with Crippen molar-refractivity contribution in [2.45, 2.75) is 13.0 Å². The molecule has 0 saturated carbocycles.